The number of para-hydroxylation sites is 1. The quantitative estimate of drug-likeness (QED) is 0.563. The Balaban J connectivity index is 1.41. The molecule has 1 fully saturated rings. The normalized spacial score (nSPS) is 16.9. The first-order valence-corrected chi connectivity index (χ1v) is 13.1. The zero-order valence-corrected chi connectivity index (χ0v) is 20.3. The van der Waals surface area contributed by atoms with E-state index in [9.17, 15) is 13.2 Å². The van der Waals surface area contributed by atoms with Crippen LogP contribution in [0.3, 0.4) is 0 Å². The Hall–Kier alpha value is -3.32. The number of carbonyl (C=O) groups excluding carboxylic acids is 1. The number of piperazine rings is 1. The van der Waals surface area contributed by atoms with Gasteiger partial charge in [-0.3, -0.25) is 9.10 Å². The van der Waals surface area contributed by atoms with Gasteiger partial charge in [0.25, 0.3) is 10.0 Å². The van der Waals surface area contributed by atoms with E-state index in [-0.39, 0.29) is 17.3 Å². The fraction of sp³-hybridized carbons (Fsp3) is 0.296. The number of rotatable bonds is 4. The van der Waals surface area contributed by atoms with Gasteiger partial charge in [0.05, 0.1) is 10.6 Å². The summed E-state index contributed by atoms with van der Waals surface area (Å²) in [4.78, 5) is 17.6. The second-order valence-electron chi connectivity index (χ2n) is 9.14. The number of sulfonamides is 1. The van der Waals surface area contributed by atoms with Crippen LogP contribution in [0.25, 0.3) is 11.1 Å². The molecule has 1 saturated heterocycles. The van der Waals surface area contributed by atoms with E-state index in [2.05, 4.69) is 36.9 Å². The Morgan fingerprint density at radius 3 is 2.24 bits per heavy atom. The van der Waals surface area contributed by atoms with Gasteiger partial charge in [0.2, 0.25) is 5.91 Å². The van der Waals surface area contributed by atoms with Crippen molar-refractivity contribution in [2.45, 2.75) is 24.7 Å². The number of anilines is 2. The lowest BCUT2D eigenvalue weighted by atomic mass is 9.95. The van der Waals surface area contributed by atoms with Gasteiger partial charge in [0.15, 0.2) is 0 Å². The van der Waals surface area contributed by atoms with E-state index < -0.39 is 10.0 Å². The molecule has 0 saturated carbocycles. The second kappa shape index (κ2) is 8.80. The maximum atomic E-state index is 13.6. The highest BCUT2D eigenvalue weighted by atomic mass is 32.2. The third-order valence-electron chi connectivity index (χ3n) is 6.73. The summed E-state index contributed by atoms with van der Waals surface area (Å²) >= 11 is 0. The molecule has 0 aromatic heterocycles. The van der Waals surface area contributed by atoms with E-state index in [1.165, 1.54) is 4.31 Å². The van der Waals surface area contributed by atoms with Crippen molar-refractivity contribution in [3.8, 4) is 11.1 Å². The predicted octanol–water partition coefficient (Wildman–Crippen LogP) is 4.33. The highest BCUT2D eigenvalue weighted by Crippen LogP contribution is 2.44. The summed E-state index contributed by atoms with van der Waals surface area (Å²) < 4.78 is 28.5. The van der Waals surface area contributed by atoms with Crippen LogP contribution in [0.1, 0.15) is 25.3 Å². The molecule has 2 aliphatic heterocycles. The summed E-state index contributed by atoms with van der Waals surface area (Å²) in [7, 11) is -3.84. The van der Waals surface area contributed by atoms with Crippen LogP contribution in [-0.2, 0) is 14.8 Å². The van der Waals surface area contributed by atoms with Gasteiger partial charge in [-0.05, 0) is 41.8 Å². The summed E-state index contributed by atoms with van der Waals surface area (Å²) in [6, 6.07) is 23.1. The van der Waals surface area contributed by atoms with Gasteiger partial charge < -0.3 is 9.80 Å². The Labute approximate surface area is 201 Å². The van der Waals surface area contributed by atoms with Gasteiger partial charge >= 0.3 is 0 Å². The van der Waals surface area contributed by atoms with E-state index in [0.29, 0.717) is 30.3 Å². The minimum absolute atomic E-state index is 0.172. The number of carbonyl (C=O) groups is 1. The number of hydrogen-bond acceptors (Lipinski definition) is 4. The minimum atomic E-state index is -3.84. The zero-order chi connectivity index (χ0) is 23.9. The van der Waals surface area contributed by atoms with Crippen molar-refractivity contribution >= 4 is 27.3 Å². The molecule has 0 unspecified atom stereocenters. The van der Waals surface area contributed by atoms with E-state index in [4.69, 9.17) is 0 Å². The van der Waals surface area contributed by atoms with Crippen LogP contribution in [0, 0.1) is 0 Å². The average molecular weight is 476 g/mol. The number of amides is 1. The number of nitrogens with zero attached hydrogens (tertiary/aromatic N) is 3. The molecule has 1 amide bonds. The van der Waals surface area contributed by atoms with Gasteiger partial charge in [0.1, 0.15) is 6.54 Å². The molecular formula is C27H29N3O3S. The molecule has 0 radical (unpaired) electrons. The summed E-state index contributed by atoms with van der Waals surface area (Å²) in [5.41, 5.74) is 4.40. The lowest BCUT2D eigenvalue weighted by Crippen LogP contribution is -2.52. The highest BCUT2D eigenvalue weighted by molar-refractivity contribution is 7.93. The third kappa shape index (κ3) is 3.94. The molecule has 5 rings (SSSR count). The van der Waals surface area contributed by atoms with Crippen molar-refractivity contribution in [3.63, 3.8) is 0 Å². The van der Waals surface area contributed by atoms with Crippen molar-refractivity contribution in [2.75, 3.05) is 41.9 Å². The van der Waals surface area contributed by atoms with Crippen molar-refractivity contribution in [2.24, 2.45) is 0 Å². The van der Waals surface area contributed by atoms with Crippen LogP contribution in [0.15, 0.2) is 77.7 Å². The van der Waals surface area contributed by atoms with Crippen molar-refractivity contribution in [1.82, 2.24) is 4.90 Å². The van der Waals surface area contributed by atoms with Gasteiger partial charge in [-0.25, -0.2) is 8.42 Å². The molecule has 0 spiro atoms. The van der Waals surface area contributed by atoms with Crippen molar-refractivity contribution < 1.29 is 13.2 Å². The standard InChI is InChI=1S/C27H29N3O3S/c1-20(2)21-12-13-25-24(18-21)23-10-6-7-11-26(23)34(32,33)30(25)19-27(31)29-16-14-28(15-17-29)22-8-4-3-5-9-22/h3-13,18,20H,14-17,19H2,1-2H3. The van der Waals surface area contributed by atoms with E-state index in [0.717, 1.165) is 29.9 Å². The summed E-state index contributed by atoms with van der Waals surface area (Å²) in [5.74, 6) is 0.140. The number of hydrogen-bond donors (Lipinski definition) is 0. The molecule has 176 valence electrons. The maximum absolute atomic E-state index is 13.6. The molecule has 0 bridgehead atoms. The second-order valence-corrected chi connectivity index (χ2v) is 11.0. The SMILES string of the molecule is CC(C)c1ccc2c(c1)-c1ccccc1S(=O)(=O)N2CC(=O)N1CCN(c2ccccc2)CC1. The maximum Gasteiger partial charge on any atom is 0.265 e. The molecule has 7 heteroatoms. The molecule has 0 N–H and O–H groups in total. The summed E-state index contributed by atoms with van der Waals surface area (Å²) in [6.45, 7) is 6.61. The lowest BCUT2D eigenvalue weighted by molar-refractivity contribution is -0.129. The molecule has 2 aliphatic rings. The summed E-state index contributed by atoms with van der Waals surface area (Å²) in [6.07, 6.45) is 0. The Morgan fingerprint density at radius 2 is 1.53 bits per heavy atom. The third-order valence-corrected chi connectivity index (χ3v) is 8.55. The average Bonchev–Trinajstić information content (AvgIpc) is 2.87. The van der Waals surface area contributed by atoms with E-state index in [1.54, 1.807) is 17.0 Å². The van der Waals surface area contributed by atoms with Crippen LogP contribution < -0.4 is 9.21 Å². The van der Waals surface area contributed by atoms with E-state index in [1.807, 2.05) is 42.5 Å². The van der Waals surface area contributed by atoms with Crippen LogP contribution in [-0.4, -0.2) is 51.9 Å². The highest BCUT2D eigenvalue weighted by Gasteiger charge is 2.37. The fourth-order valence-corrected chi connectivity index (χ4v) is 6.40. The van der Waals surface area contributed by atoms with Crippen LogP contribution >= 0.6 is 0 Å². The smallest absolute Gasteiger partial charge is 0.265 e. The minimum Gasteiger partial charge on any atom is -0.368 e. The largest absolute Gasteiger partial charge is 0.368 e. The monoisotopic (exact) mass is 475 g/mol. The first-order chi connectivity index (χ1) is 16.4. The zero-order valence-electron chi connectivity index (χ0n) is 19.5. The molecular weight excluding hydrogens is 446 g/mol. The van der Waals surface area contributed by atoms with E-state index >= 15 is 0 Å². The van der Waals surface area contributed by atoms with Gasteiger partial charge in [-0.1, -0.05) is 56.3 Å². The van der Waals surface area contributed by atoms with Crippen LogP contribution in [0.2, 0.25) is 0 Å². The molecule has 0 aliphatic carbocycles. The molecule has 0 atom stereocenters. The van der Waals surface area contributed by atoms with Crippen molar-refractivity contribution in [1.29, 1.82) is 0 Å². The fourth-order valence-electron chi connectivity index (χ4n) is 4.75. The lowest BCUT2D eigenvalue weighted by Gasteiger charge is -2.38. The Bertz CT molecular complexity index is 1310. The van der Waals surface area contributed by atoms with Crippen molar-refractivity contribution in [3.05, 3.63) is 78.4 Å². The Kier molecular flexibility index (Phi) is 5.81. The molecule has 3 aromatic rings. The first-order valence-electron chi connectivity index (χ1n) is 11.7. The number of benzene rings is 3. The topological polar surface area (TPSA) is 60.9 Å². The first kappa shape index (κ1) is 22.5. The summed E-state index contributed by atoms with van der Waals surface area (Å²) in [5, 5.41) is 0. The molecule has 2 heterocycles. The molecule has 6 nitrogen and oxygen atoms in total. The Morgan fingerprint density at radius 1 is 0.853 bits per heavy atom. The van der Waals surface area contributed by atoms with Gasteiger partial charge in [-0.15, -0.1) is 0 Å². The molecule has 3 aromatic carbocycles. The number of fused-ring (bicyclic) bond motifs is 3. The van der Waals surface area contributed by atoms with Gasteiger partial charge in [0, 0.05) is 43.0 Å². The predicted molar refractivity (Wildman–Crippen MR) is 136 cm³/mol. The molecule has 34 heavy (non-hydrogen) atoms. The van der Waals surface area contributed by atoms with Gasteiger partial charge in [-0.2, -0.15) is 0 Å². The van der Waals surface area contributed by atoms with Crippen LogP contribution in [0.5, 0.6) is 0 Å². The van der Waals surface area contributed by atoms with Crippen LogP contribution in [0.4, 0.5) is 11.4 Å².